The molecule has 0 unspecified atom stereocenters. The van der Waals surface area contributed by atoms with Crippen molar-refractivity contribution in [3.05, 3.63) is 39.0 Å². The molecule has 0 saturated carbocycles. The Balaban J connectivity index is 2.11. The second-order valence-electron chi connectivity index (χ2n) is 6.34. The van der Waals surface area contributed by atoms with Crippen LogP contribution in [0.4, 0.5) is 0 Å². The van der Waals surface area contributed by atoms with Gasteiger partial charge in [-0.25, -0.2) is 9.79 Å². The van der Waals surface area contributed by atoms with Crippen LogP contribution in [0.5, 0.6) is 0 Å². The molecule has 1 aromatic carbocycles. The van der Waals surface area contributed by atoms with E-state index in [2.05, 4.69) is 9.98 Å². The van der Waals surface area contributed by atoms with Crippen molar-refractivity contribution in [1.82, 2.24) is 9.88 Å². The first-order valence-electron chi connectivity index (χ1n) is 8.48. The number of H-pyrrole nitrogens is 1. The number of carbonyl (C=O) groups excluding carboxylic acids is 1. The summed E-state index contributed by atoms with van der Waals surface area (Å²) >= 11 is 12.6. The van der Waals surface area contributed by atoms with Gasteiger partial charge in [-0.15, -0.1) is 0 Å². The largest absolute Gasteiger partial charge is 0.477 e. The van der Waals surface area contributed by atoms with Crippen LogP contribution in [-0.4, -0.2) is 57.9 Å². The molecule has 0 bridgehead atoms. The molecular weight excluding hydrogens is 407 g/mol. The average Bonchev–Trinajstić information content (AvgIpc) is 3.06. The van der Waals surface area contributed by atoms with Gasteiger partial charge in [0, 0.05) is 53.5 Å². The number of carboxylic acids is 1. The molecule has 1 aromatic heterocycles. The van der Waals surface area contributed by atoms with E-state index in [0.717, 1.165) is 16.6 Å². The van der Waals surface area contributed by atoms with Crippen LogP contribution in [0, 0.1) is 0 Å². The van der Waals surface area contributed by atoms with Crippen LogP contribution in [0.2, 0.25) is 10.0 Å². The third-order valence-electron chi connectivity index (χ3n) is 4.58. The lowest BCUT2D eigenvalue weighted by Crippen LogP contribution is -2.71. The summed E-state index contributed by atoms with van der Waals surface area (Å²) in [4.78, 5) is 30.0. The second kappa shape index (κ2) is 8.22. The van der Waals surface area contributed by atoms with E-state index >= 15 is 0 Å². The van der Waals surface area contributed by atoms with Gasteiger partial charge in [0.2, 0.25) is 12.5 Å². The maximum Gasteiger partial charge on any atom is 0.369 e. The molecule has 2 aromatic rings. The number of fused-ring (bicyclic) bond motifs is 3. The summed E-state index contributed by atoms with van der Waals surface area (Å²) < 4.78 is 0. The minimum atomic E-state index is -0.992. The van der Waals surface area contributed by atoms with Crippen molar-refractivity contribution >= 4 is 57.9 Å². The van der Waals surface area contributed by atoms with Crippen LogP contribution >= 0.6 is 23.2 Å². The zero-order valence-corrected chi connectivity index (χ0v) is 16.3. The van der Waals surface area contributed by atoms with Crippen molar-refractivity contribution in [1.29, 1.82) is 0 Å². The molecule has 0 atom stereocenters. The molecule has 1 amide bonds. The highest BCUT2D eigenvalue weighted by molar-refractivity contribution is 6.45. The van der Waals surface area contributed by atoms with Gasteiger partial charge in [0.15, 0.2) is 6.21 Å². The van der Waals surface area contributed by atoms with Gasteiger partial charge in [-0.05, 0) is 6.07 Å². The summed E-state index contributed by atoms with van der Waals surface area (Å²) in [5, 5.41) is 19.3. The third kappa shape index (κ3) is 3.84. The Bertz CT molecular complexity index is 1010. The second-order valence-corrected chi connectivity index (χ2v) is 7.12. The quantitative estimate of drug-likeness (QED) is 0.426. The highest BCUT2D eigenvalue weighted by atomic mass is 35.5. The van der Waals surface area contributed by atoms with Crippen LogP contribution in [0.25, 0.3) is 16.6 Å². The molecule has 2 heterocycles. The van der Waals surface area contributed by atoms with E-state index in [4.69, 9.17) is 39.1 Å². The van der Waals surface area contributed by atoms with E-state index < -0.39 is 12.6 Å². The number of benzene rings is 1. The minimum absolute atomic E-state index is 0.238. The summed E-state index contributed by atoms with van der Waals surface area (Å²) in [6, 6.07) is 1.64. The predicted octanol–water partition coefficient (Wildman–Crippen LogP) is -0.113. The van der Waals surface area contributed by atoms with Crippen LogP contribution in [-0.2, 0) is 22.6 Å². The zero-order valence-electron chi connectivity index (χ0n) is 14.8. The monoisotopic (exact) mass is 425 g/mol. The molecule has 0 fully saturated rings. The van der Waals surface area contributed by atoms with Gasteiger partial charge in [-0.3, -0.25) is 4.79 Å². The fraction of sp³-hybridized carbons (Fsp3) is 0.278. The smallest absolute Gasteiger partial charge is 0.369 e. The Morgan fingerprint density at radius 1 is 1.39 bits per heavy atom. The summed E-state index contributed by atoms with van der Waals surface area (Å²) in [5.41, 5.74) is 9.62. The first-order chi connectivity index (χ1) is 13.3. The van der Waals surface area contributed by atoms with Crippen molar-refractivity contribution in [3.63, 3.8) is 0 Å². The normalized spacial score (nSPS) is 14.7. The Morgan fingerprint density at radius 2 is 2.14 bits per heavy atom. The topological polar surface area (TPSA) is 134 Å². The summed E-state index contributed by atoms with van der Waals surface area (Å²) in [5.74, 6) is -1.34. The fourth-order valence-electron chi connectivity index (χ4n) is 3.26. The molecule has 10 heteroatoms. The molecule has 0 spiro atoms. The van der Waals surface area contributed by atoms with Gasteiger partial charge in [0.05, 0.1) is 15.6 Å². The number of halogens is 2. The Morgan fingerprint density at radius 3 is 2.82 bits per heavy atom. The van der Waals surface area contributed by atoms with Crippen LogP contribution in [0.15, 0.2) is 12.1 Å². The Kier molecular flexibility index (Phi) is 5.93. The number of nitrogens with one attached hydrogen (secondary N) is 2. The van der Waals surface area contributed by atoms with Gasteiger partial charge in [-0.2, -0.15) is 0 Å². The van der Waals surface area contributed by atoms with E-state index in [1.165, 1.54) is 6.21 Å². The zero-order chi connectivity index (χ0) is 20.4. The summed E-state index contributed by atoms with van der Waals surface area (Å²) in [7, 11) is 0. The van der Waals surface area contributed by atoms with E-state index in [9.17, 15) is 9.59 Å². The number of allylic oxidation sites excluding steroid dienone is 1. The fourth-order valence-corrected chi connectivity index (χ4v) is 3.66. The first kappa shape index (κ1) is 20.2. The Hall–Kier alpha value is -2.55. The highest BCUT2D eigenvalue weighted by Crippen LogP contribution is 2.39. The van der Waals surface area contributed by atoms with E-state index in [1.807, 2.05) is 0 Å². The van der Waals surface area contributed by atoms with Crippen LogP contribution < -0.4 is 10.7 Å². The van der Waals surface area contributed by atoms with Crippen molar-refractivity contribution in [2.45, 2.75) is 13.0 Å². The first-order valence-corrected chi connectivity index (χ1v) is 9.23. The van der Waals surface area contributed by atoms with Gasteiger partial charge >= 0.3 is 5.97 Å². The van der Waals surface area contributed by atoms with Crippen molar-refractivity contribution < 1.29 is 24.8 Å². The molecule has 6 N–H and O–H groups in total. The summed E-state index contributed by atoms with van der Waals surface area (Å²) in [6.45, 7) is 0.00772. The van der Waals surface area contributed by atoms with Crippen LogP contribution in [0.1, 0.15) is 16.8 Å². The lowest BCUT2D eigenvalue weighted by molar-refractivity contribution is -0.440. The van der Waals surface area contributed by atoms with Crippen molar-refractivity contribution in [3.8, 4) is 0 Å². The number of nitrogens with zero attached hydrogens (tertiary/aromatic N) is 1. The molecule has 8 nitrogen and oxygen atoms in total. The lowest BCUT2D eigenvalue weighted by atomic mass is 9.99. The molecule has 1 aliphatic heterocycles. The number of aromatic nitrogens is 1. The summed E-state index contributed by atoms with van der Waals surface area (Å²) in [6.07, 6.45) is 3.57. The maximum atomic E-state index is 11.9. The number of aliphatic carboxylic acids is 1. The van der Waals surface area contributed by atoms with Gasteiger partial charge in [0.1, 0.15) is 6.61 Å². The van der Waals surface area contributed by atoms with Gasteiger partial charge < -0.3 is 25.8 Å². The van der Waals surface area contributed by atoms with E-state index in [0.29, 0.717) is 46.3 Å². The number of amides is 1. The SMILES string of the molecule is N/C(=C\C=[NH+]CC(=O)O)c1cc(Cl)c(Cl)c2[nH]c3c(c12)CN(C(=O)CO)CC3. The average molecular weight is 426 g/mol. The molecule has 3 rings (SSSR count). The van der Waals surface area contributed by atoms with Gasteiger partial charge in [0.25, 0.3) is 0 Å². The number of aromatic amines is 1. The number of aliphatic hydroxyl groups excluding tert-OH is 1. The van der Waals surface area contributed by atoms with E-state index in [1.54, 1.807) is 17.0 Å². The number of hydrogen-bond acceptors (Lipinski definition) is 4. The molecule has 28 heavy (non-hydrogen) atoms. The van der Waals surface area contributed by atoms with Crippen molar-refractivity contribution in [2.75, 3.05) is 19.7 Å². The Labute approximate surface area is 170 Å². The van der Waals surface area contributed by atoms with E-state index in [-0.39, 0.29) is 12.5 Å². The van der Waals surface area contributed by atoms with Gasteiger partial charge in [-0.1, -0.05) is 23.2 Å². The number of nitrogens with two attached hydrogens (primary N) is 1. The molecule has 0 aliphatic carbocycles. The molecule has 1 aliphatic rings. The predicted molar refractivity (Wildman–Crippen MR) is 106 cm³/mol. The number of carboxylic acid groups (broad SMARTS) is 1. The van der Waals surface area contributed by atoms with Crippen molar-refractivity contribution in [2.24, 2.45) is 5.73 Å². The maximum absolute atomic E-state index is 11.9. The molecular formula is C18H19Cl2N4O4+. The molecule has 148 valence electrons. The van der Waals surface area contributed by atoms with Crippen LogP contribution in [0.3, 0.4) is 0 Å². The number of carbonyl (C=O) groups is 2. The molecule has 0 saturated heterocycles. The minimum Gasteiger partial charge on any atom is -0.477 e. The highest BCUT2D eigenvalue weighted by Gasteiger charge is 2.27. The molecule has 0 radical (unpaired) electrons. The number of hydrogen-bond donors (Lipinski definition) is 5. The third-order valence-corrected chi connectivity index (χ3v) is 5.36. The number of aliphatic hydroxyl groups is 1. The number of rotatable bonds is 5. The lowest BCUT2D eigenvalue weighted by Gasteiger charge is -2.27. The standard InChI is InChI=1S/C18H18Cl2N4O4/c19-11-5-9(12(21)1-3-22-6-15(27)28)16-10-7-24(14(26)8-25)4-2-13(10)23-18(16)17(11)20/h1,3,5,23,25H,2,4,6-8,21H2,(H,27,28)/p+1/b12-1-,22-3?.